The molecule has 0 radical (unpaired) electrons. The summed E-state index contributed by atoms with van der Waals surface area (Å²) >= 11 is 0. The number of alkyl halides is 3. The van der Waals surface area contributed by atoms with E-state index in [4.69, 9.17) is 14.7 Å². The number of ether oxygens (including phenoxy) is 2. The van der Waals surface area contributed by atoms with Crippen molar-refractivity contribution in [3.63, 3.8) is 0 Å². The third-order valence-corrected chi connectivity index (χ3v) is 1.66. The Balaban J connectivity index is 3.87. The van der Waals surface area contributed by atoms with Crippen molar-refractivity contribution in [1.82, 2.24) is 0 Å². The summed E-state index contributed by atoms with van der Waals surface area (Å²) in [7, 11) is 0. The standard InChI is InChI=1S/C9H14F3NO2/c1-3-14-5-7(2)15-6-8(4-13)9(10,11)12/h7-8H,3,5-6H2,1-2H3. The highest BCUT2D eigenvalue weighted by Gasteiger charge is 2.40. The second-order valence-corrected chi connectivity index (χ2v) is 3.03. The van der Waals surface area contributed by atoms with E-state index in [2.05, 4.69) is 0 Å². The minimum atomic E-state index is -4.53. The predicted molar refractivity (Wildman–Crippen MR) is 47.1 cm³/mol. The first-order chi connectivity index (χ1) is 6.91. The first kappa shape index (κ1) is 14.2. The smallest absolute Gasteiger partial charge is 0.379 e. The molecule has 0 bridgehead atoms. The van der Waals surface area contributed by atoms with Gasteiger partial charge in [0, 0.05) is 6.61 Å². The van der Waals surface area contributed by atoms with Gasteiger partial charge >= 0.3 is 6.18 Å². The maximum Gasteiger partial charge on any atom is 0.406 e. The van der Waals surface area contributed by atoms with Crippen LogP contribution < -0.4 is 0 Å². The molecule has 0 aromatic heterocycles. The van der Waals surface area contributed by atoms with Crippen LogP contribution in [0, 0.1) is 17.2 Å². The van der Waals surface area contributed by atoms with Crippen molar-refractivity contribution in [3.05, 3.63) is 0 Å². The van der Waals surface area contributed by atoms with E-state index in [9.17, 15) is 13.2 Å². The van der Waals surface area contributed by atoms with Crippen LogP contribution in [-0.4, -0.2) is 32.1 Å². The molecule has 0 spiro atoms. The Kier molecular flexibility index (Phi) is 6.29. The summed E-state index contributed by atoms with van der Waals surface area (Å²) in [5, 5.41) is 8.27. The molecule has 15 heavy (non-hydrogen) atoms. The van der Waals surface area contributed by atoms with Gasteiger partial charge < -0.3 is 9.47 Å². The number of hydrogen-bond acceptors (Lipinski definition) is 3. The van der Waals surface area contributed by atoms with E-state index in [-0.39, 0.29) is 6.61 Å². The molecule has 0 fully saturated rings. The molecule has 0 rings (SSSR count). The normalized spacial score (nSPS) is 15.7. The highest BCUT2D eigenvalue weighted by Crippen LogP contribution is 2.25. The second kappa shape index (κ2) is 6.64. The third-order valence-electron chi connectivity index (χ3n) is 1.66. The van der Waals surface area contributed by atoms with Crippen LogP contribution in [0.5, 0.6) is 0 Å². The quantitative estimate of drug-likeness (QED) is 0.695. The van der Waals surface area contributed by atoms with Gasteiger partial charge in [0.25, 0.3) is 0 Å². The molecular formula is C9H14F3NO2. The van der Waals surface area contributed by atoms with Crippen LogP contribution in [0.4, 0.5) is 13.2 Å². The van der Waals surface area contributed by atoms with Gasteiger partial charge in [0.1, 0.15) is 0 Å². The van der Waals surface area contributed by atoms with Gasteiger partial charge in [-0.15, -0.1) is 0 Å². The summed E-state index contributed by atoms with van der Waals surface area (Å²) in [6, 6.07) is 1.16. The number of hydrogen-bond donors (Lipinski definition) is 0. The van der Waals surface area contributed by atoms with Gasteiger partial charge in [0.05, 0.1) is 25.4 Å². The van der Waals surface area contributed by atoms with Crippen LogP contribution >= 0.6 is 0 Å². The zero-order valence-electron chi connectivity index (χ0n) is 8.67. The summed E-state index contributed by atoms with van der Waals surface area (Å²) in [4.78, 5) is 0. The summed E-state index contributed by atoms with van der Waals surface area (Å²) in [6.45, 7) is 3.44. The highest BCUT2D eigenvalue weighted by atomic mass is 19.4. The van der Waals surface area contributed by atoms with Crippen molar-refractivity contribution < 1.29 is 22.6 Å². The monoisotopic (exact) mass is 225 g/mol. The van der Waals surface area contributed by atoms with Crippen LogP contribution in [-0.2, 0) is 9.47 Å². The van der Waals surface area contributed by atoms with Crippen molar-refractivity contribution >= 4 is 0 Å². The van der Waals surface area contributed by atoms with E-state index in [1.165, 1.54) is 0 Å². The zero-order valence-corrected chi connectivity index (χ0v) is 8.67. The fraction of sp³-hybridized carbons (Fsp3) is 0.889. The SMILES string of the molecule is CCOCC(C)OCC(C#N)C(F)(F)F. The third kappa shape index (κ3) is 6.31. The van der Waals surface area contributed by atoms with E-state index in [1.54, 1.807) is 13.8 Å². The Labute approximate surface area is 86.8 Å². The van der Waals surface area contributed by atoms with Gasteiger partial charge in [-0.05, 0) is 13.8 Å². The topological polar surface area (TPSA) is 42.2 Å². The lowest BCUT2D eigenvalue weighted by Gasteiger charge is -2.17. The molecule has 88 valence electrons. The van der Waals surface area contributed by atoms with Crippen LogP contribution in [0.25, 0.3) is 0 Å². The number of nitriles is 1. The molecule has 0 aliphatic heterocycles. The van der Waals surface area contributed by atoms with Crippen molar-refractivity contribution in [3.8, 4) is 6.07 Å². The van der Waals surface area contributed by atoms with E-state index in [0.29, 0.717) is 6.61 Å². The average molecular weight is 225 g/mol. The molecule has 3 nitrogen and oxygen atoms in total. The fourth-order valence-electron chi connectivity index (χ4n) is 0.797. The van der Waals surface area contributed by atoms with Crippen molar-refractivity contribution in [2.45, 2.75) is 26.1 Å². The first-order valence-electron chi connectivity index (χ1n) is 4.57. The first-order valence-corrected chi connectivity index (χ1v) is 4.57. The molecule has 2 atom stereocenters. The molecular weight excluding hydrogens is 211 g/mol. The van der Waals surface area contributed by atoms with Crippen LogP contribution in [0.1, 0.15) is 13.8 Å². The molecule has 0 heterocycles. The number of nitrogens with zero attached hydrogens (tertiary/aromatic N) is 1. The van der Waals surface area contributed by atoms with E-state index >= 15 is 0 Å². The molecule has 0 aliphatic rings. The van der Waals surface area contributed by atoms with Crippen LogP contribution in [0.2, 0.25) is 0 Å². The van der Waals surface area contributed by atoms with E-state index in [1.807, 2.05) is 0 Å². The Morgan fingerprint density at radius 3 is 2.33 bits per heavy atom. The lowest BCUT2D eigenvalue weighted by Crippen LogP contribution is -2.29. The van der Waals surface area contributed by atoms with Crippen molar-refractivity contribution in [1.29, 1.82) is 5.26 Å². The largest absolute Gasteiger partial charge is 0.406 e. The maximum absolute atomic E-state index is 12.1. The molecule has 0 aromatic carbocycles. The van der Waals surface area contributed by atoms with Gasteiger partial charge in [-0.25, -0.2) is 0 Å². The molecule has 2 unspecified atom stereocenters. The maximum atomic E-state index is 12.1. The van der Waals surface area contributed by atoms with Gasteiger partial charge in [0.15, 0.2) is 5.92 Å². The van der Waals surface area contributed by atoms with Gasteiger partial charge in [-0.1, -0.05) is 0 Å². The number of rotatable bonds is 6. The fourth-order valence-corrected chi connectivity index (χ4v) is 0.797. The number of halogens is 3. The zero-order chi connectivity index (χ0) is 11.9. The van der Waals surface area contributed by atoms with Gasteiger partial charge in [-0.2, -0.15) is 18.4 Å². The van der Waals surface area contributed by atoms with E-state index < -0.39 is 24.8 Å². The summed E-state index contributed by atoms with van der Waals surface area (Å²) in [5.41, 5.74) is 0. The van der Waals surface area contributed by atoms with Gasteiger partial charge in [0.2, 0.25) is 0 Å². The van der Waals surface area contributed by atoms with Crippen molar-refractivity contribution in [2.75, 3.05) is 19.8 Å². The Morgan fingerprint density at radius 2 is 1.93 bits per heavy atom. The van der Waals surface area contributed by atoms with Gasteiger partial charge in [-0.3, -0.25) is 0 Å². The lowest BCUT2D eigenvalue weighted by molar-refractivity contribution is -0.176. The molecule has 0 saturated heterocycles. The summed E-state index contributed by atoms with van der Waals surface area (Å²) in [5.74, 6) is -2.07. The van der Waals surface area contributed by atoms with Crippen molar-refractivity contribution in [2.24, 2.45) is 5.92 Å². The summed E-state index contributed by atoms with van der Waals surface area (Å²) in [6.07, 6.45) is -4.97. The van der Waals surface area contributed by atoms with Crippen LogP contribution in [0.3, 0.4) is 0 Å². The molecule has 0 aromatic rings. The molecule has 0 saturated carbocycles. The molecule has 0 aliphatic carbocycles. The Hall–Kier alpha value is -0.800. The van der Waals surface area contributed by atoms with E-state index in [0.717, 1.165) is 6.07 Å². The Morgan fingerprint density at radius 1 is 1.33 bits per heavy atom. The minimum Gasteiger partial charge on any atom is -0.379 e. The average Bonchev–Trinajstić information content (AvgIpc) is 2.13. The summed E-state index contributed by atoms with van der Waals surface area (Å²) < 4.78 is 46.1. The molecule has 0 N–H and O–H groups in total. The molecule has 0 amide bonds. The molecule has 6 heteroatoms. The predicted octanol–water partition coefficient (Wildman–Crippen LogP) is 2.13. The minimum absolute atomic E-state index is 0.229. The lowest BCUT2D eigenvalue weighted by atomic mass is 10.2. The second-order valence-electron chi connectivity index (χ2n) is 3.03. The Bertz CT molecular complexity index is 212. The highest BCUT2D eigenvalue weighted by molar-refractivity contribution is 4.88. The van der Waals surface area contributed by atoms with Crippen LogP contribution in [0.15, 0.2) is 0 Å².